The monoisotopic (exact) mass is 303 g/mol. The molecule has 4 atom stereocenters. The first-order chi connectivity index (χ1) is 10.5. The first kappa shape index (κ1) is 14.7. The van der Waals surface area contributed by atoms with Crippen LogP contribution in [0.5, 0.6) is 0 Å². The molecule has 3 rings (SSSR count). The largest absolute Gasteiger partial charge is 0.459 e. The van der Waals surface area contributed by atoms with E-state index in [9.17, 15) is 19.5 Å². The Labute approximate surface area is 127 Å². The van der Waals surface area contributed by atoms with Gasteiger partial charge >= 0.3 is 5.97 Å². The van der Waals surface area contributed by atoms with Gasteiger partial charge in [0.25, 0.3) is 0 Å². The van der Waals surface area contributed by atoms with Crippen molar-refractivity contribution >= 4 is 17.7 Å². The van der Waals surface area contributed by atoms with Crippen LogP contribution in [-0.4, -0.2) is 45.9 Å². The molecular weight excluding hydrogens is 286 g/mol. The zero-order valence-corrected chi connectivity index (χ0v) is 12.1. The van der Waals surface area contributed by atoms with Crippen molar-refractivity contribution in [2.24, 2.45) is 5.92 Å². The Hall–Kier alpha value is -2.21. The Morgan fingerprint density at radius 2 is 2.05 bits per heavy atom. The zero-order valence-electron chi connectivity index (χ0n) is 12.1. The maximum atomic E-state index is 12.1. The van der Waals surface area contributed by atoms with Gasteiger partial charge in [-0.3, -0.25) is 9.59 Å². The fourth-order valence-electron chi connectivity index (χ4n) is 3.19. The van der Waals surface area contributed by atoms with Gasteiger partial charge in [-0.25, -0.2) is 4.79 Å². The van der Waals surface area contributed by atoms with Gasteiger partial charge in [-0.05, 0) is 12.5 Å². The minimum Gasteiger partial charge on any atom is -0.459 e. The minimum absolute atomic E-state index is 0.0655. The van der Waals surface area contributed by atoms with Crippen LogP contribution in [0.3, 0.4) is 0 Å². The van der Waals surface area contributed by atoms with E-state index in [1.54, 1.807) is 0 Å². The Bertz CT molecular complexity index is 612. The molecule has 2 heterocycles. The third-order valence-electron chi connectivity index (χ3n) is 4.27. The van der Waals surface area contributed by atoms with Crippen molar-refractivity contribution in [3.63, 3.8) is 0 Å². The van der Waals surface area contributed by atoms with Crippen molar-refractivity contribution in [1.29, 1.82) is 0 Å². The minimum atomic E-state index is -1.16. The molecule has 2 fully saturated rings. The Balaban J connectivity index is 1.66. The number of aliphatic hydroxyl groups is 1. The number of carbonyl (C=O) groups is 3. The number of hydrogen-bond donors (Lipinski definition) is 1. The fourth-order valence-corrected chi connectivity index (χ4v) is 3.19. The molecular formula is C16H17NO5. The van der Waals surface area contributed by atoms with Crippen LogP contribution < -0.4 is 0 Å². The van der Waals surface area contributed by atoms with E-state index in [1.807, 2.05) is 30.3 Å². The standard InChI is InChI=1S/C16H17NO5/c1-9(18)13-11-7-12(19)14(17(11)15(13)20)16(21)22-8-10-5-3-2-4-6-10/h2-6,9,11,13-14,18H,7-8H2,1H3/t9-,11-,13-,14?/m1/s1. The molecule has 0 bridgehead atoms. The van der Waals surface area contributed by atoms with Gasteiger partial charge in [-0.2, -0.15) is 0 Å². The van der Waals surface area contributed by atoms with E-state index in [4.69, 9.17) is 4.74 Å². The van der Waals surface area contributed by atoms with Gasteiger partial charge in [-0.1, -0.05) is 30.3 Å². The van der Waals surface area contributed by atoms with Crippen molar-refractivity contribution in [2.75, 3.05) is 0 Å². The normalized spacial score (nSPS) is 28.1. The summed E-state index contributed by atoms with van der Waals surface area (Å²) >= 11 is 0. The number of rotatable bonds is 4. The van der Waals surface area contributed by atoms with Gasteiger partial charge < -0.3 is 14.7 Å². The lowest BCUT2D eigenvalue weighted by atomic mass is 9.84. The summed E-state index contributed by atoms with van der Waals surface area (Å²) in [5.74, 6) is -1.96. The summed E-state index contributed by atoms with van der Waals surface area (Å²) in [5, 5.41) is 9.58. The van der Waals surface area contributed by atoms with Gasteiger partial charge in [0.15, 0.2) is 11.8 Å². The number of fused-ring (bicyclic) bond motifs is 1. The molecule has 0 radical (unpaired) electrons. The molecule has 0 aromatic heterocycles. The second-order valence-corrected chi connectivity index (χ2v) is 5.75. The highest BCUT2D eigenvalue weighted by atomic mass is 16.5. The lowest BCUT2D eigenvalue weighted by Crippen LogP contribution is -2.64. The van der Waals surface area contributed by atoms with Crippen LogP contribution in [0.4, 0.5) is 0 Å². The Morgan fingerprint density at radius 1 is 1.36 bits per heavy atom. The Morgan fingerprint density at radius 3 is 2.68 bits per heavy atom. The van der Waals surface area contributed by atoms with Gasteiger partial charge in [-0.15, -0.1) is 0 Å². The predicted molar refractivity (Wildman–Crippen MR) is 75.5 cm³/mol. The molecule has 2 aliphatic heterocycles. The van der Waals surface area contributed by atoms with E-state index in [0.29, 0.717) is 0 Å². The molecule has 22 heavy (non-hydrogen) atoms. The van der Waals surface area contributed by atoms with Crippen molar-refractivity contribution in [1.82, 2.24) is 4.90 Å². The van der Waals surface area contributed by atoms with E-state index in [-0.39, 0.29) is 30.8 Å². The van der Waals surface area contributed by atoms with Crippen LogP contribution in [0, 0.1) is 5.92 Å². The lowest BCUT2D eigenvalue weighted by Gasteiger charge is -2.45. The number of ether oxygens (including phenoxy) is 1. The third kappa shape index (κ3) is 2.29. The number of Topliss-reactive ketones (excluding diaryl/α,β-unsaturated/α-hetero) is 1. The highest BCUT2D eigenvalue weighted by molar-refractivity contribution is 6.11. The van der Waals surface area contributed by atoms with Crippen LogP contribution in [0.25, 0.3) is 0 Å². The SMILES string of the molecule is C[C@@H](O)[C@H]1C(=O)N2C(C(=O)OCc3ccccc3)C(=O)C[C@H]12. The van der Waals surface area contributed by atoms with E-state index in [2.05, 4.69) is 0 Å². The number of β-lactam (4-membered cyclic amide) rings is 1. The number of hydrogen-bond acceptors (Lipinski definition) is 5. The van der Waals surface area contributed by atoms with Crippen molar-refractivity contribution in [2.45, 2.75) is 38.1 Å². The number of nitrogens with zero attached hydrogens (tertiary/aromatic N) is 1. The maximum absolute atomic E-state index is 12.1. The number of carbonyl (C=O) groups excluding carboxylic acids is 3. The van der Waals surface area contributed by atoms with Crippen LogP contribution in [0.15, 0.2) is 30.3 Å². The second kappa shape index (κ2) is 5.53. The molecule has 1 N–H and O–H groups in total. The second-order valence-electron chi connectivity index (χ2n) is 5.75. The highest BCUT2D eigenvalue weighted by Gasteiger charge is 2.61. The van der Waals surface area contributed by atoms with Crippen molar-refractivity contribution in [3.8, 4) is 0 Å². The van der Waals surface area contributed by atoms with Crippen molar-refractivity contribution < 1.29 is 24.2 Å². The quantitative estimate of drug-likeness (QED) is 0.491. The molecule has 2 saturated heterocycles. The van der Waals surface area contributed by atoms with Gasteiger partial charge in [0.2, 0.25) is 5.91 Å². The number of esters is 1. The lowest BCUT2D eigenvalue weighted by molar-refractivity contribution is -0.172. The average Bonchev–Trinajstić information content (AvgIpc) is 2.78. The number of ketones is 1. The Kier molecular flexibility index (Phi) is 3.70. The molecule has 0 spiro atoms. The van der Waals surface area contributed by atoms with Crippen LogP contribution in [-0.2, 0) is 25.7 Å². The topological polar surface area (TPSA) is 83.9 Å². The molecule has 0 aliphatic carbocycles. The van der Waals surface area contributed by atoms with E-state index in [0.717, 1.165) is 5.56 Å². The summed E-state index contributed by atoms with van der Waals surface area (Å²) in [5.41, 5.74) is 0.814. The van der Waals surface area contributed by atoms with E-state index in [1.165, 1.54) is 11.8 Å². The number of aliphatic hydroxyl groups excluding tert-OH is 1. The molecule has 6 heteroatoms. The molecule has 6 nitrogen and oxygen atoms in total. The van der Waals surface area contributed by atoms with Crippen LogP contribution in [0.2, 0.25) is 0 Å². The molecule has 1 amide bonds. The fraction of sp³-hybridized carbons (Fsp3) is 0.438. The number of benzene rings is 1. The van der Waals surface area contributed by atoms with Gasteiger partial charge in [0.05, 0.1) is 18.1 Å². The van der Waals surface area contributed by atoms with E-state index < -0.39 is 24.0 Å². The molecule has 2 aliphatic rings. The van der Waals surface area contributed by atoms with Crippen LogP contribution in [0.1, 0.15) is 18.9 Å². The molecule has 1 unspecified atom stereocenters. The number of amides is 1. The molecule has 116 valence electrons. The third-order valence-corrected chi connectivity index (χ3v) is 4.27. The summed E-state index contributed by atoms with van der Waals surface area (Å²) in [4.78, 5) is 37.4. The smallest absolute Gasteiger partial charge is 0.337 e. The van der Waals surface area contributed by atoms with E-state index >= 15 is 0 Å². The summed E-state index contributed by atoms with van der Waals surface area (Å²) in [7, 11) is 0. The van der Waals surface area contributed by atoms with Gasteiger partial charge in [0, 0.05) is 6.42 Å². The zero-order chi connectivity index (χ0) is 15.9. The highest BCUT2D eigenvalue weighted by Crippen LogP contribution is 2.39. The molecule has 1 aromatic rings. The first-order valence-corrected chi connectivity index (χ1v) is 7.24. The summed E-state index contributed by atoms with van der Waals surface area (Å²) < 4.78 is 5.16. The average molecular weight is 303 g/mol. The maximum Gasteiger partial charge on any atom is 0.337 e. The van der Waals surface area contributed by atoms with Crippen LogP contribution >= 0.6 is 0 Å². The first-order valence-electron chi connectivity index (χ1n) is 7.24. The van der Waals surface area contributed by atoms with Gasteiger partial charge in [0.1, 0.15) is 6.61 Å². The summed E-state index contributed by atoms with van der Waals surface area (Å²) in [6, 6.07) is 7.59. The predicted octanol–water partition coefficient (Wildman–Crippen LogP) is 0.279. The summed E-state index contributed by atoms with van der Waals surface area (Å²) in [6.45, 7) is 1.58. The molecule has 0 saturated carbocycles. The van der Waals surface area contributed by atoms with Crippen molar-refractivity contribution in [3.05, 3.63) is 35.9 Å². The summed E-state index contributed by atoms with van der Waals surface area (Å²) in [6.07, 6.45) is -0.715. The molecule has 1 aromatic carbocycles.